The summed E-state index contributed by atoms with van der Waals surface area (Å²) in [5, 5.41) is 3.68. The zero-order chi connectivity index (χ0) is 12.8. The maximum Gasteiger partial charge on any atom is 0.00940 e. The predicted octanol–water partition coefficient (Wildman–Crippen LogP) is 3.34. The minimum atomic E-state index is 0.759. The average Bonchev–Trinajstić information content (AvgIpc) is 2.88. The lowest BCUT2D eigenvalue weighted by atomic mass is 9.97. The van der Waals surface area contributed by atoms with Crippen LogP contribution in [0.3, 0.4) is 0 Å². The summed E-state index contributed by atoms with van der Waals surface area (Å²) in [6.45, 7) is 8.41. The molecule has 1 N–H and O–H groups in total. The van der Waals surface area contributed by atoms with Crippen molar-refractivity contribution in [2.45, 2.75) is 70.9 Å². The monoisotopic (exact) mass is 250 g/mol. The molecule has 1 aliphatic heterocycles. The molecule has 1 aliphatic carbocycles. The molecule has 0 aromatic carbocycles. The smallest absolute Gasteiger partial charge is 0.00940 e. The molecule has 18 heavy (non-hydrogen) atoms. The van der Waals surface area contributed by atoms with Crippen molar-refractivity contribution >= 4 is 0 Å². The first-order valence-electron chi connectivity index (χ1n) is 7.95. The van der Waals surface area contributed by atoms with E-state index in [1.165, 1.54) is 64.6 Å². The van der Waals surface area contributed by atoms with E-state index in [0.29, 0.717) is 0 Å². The van der Waals surface area contributed by atoms with E-state index in [2.05, 4.69) is 30.1 Å². The lowest BCUT2D eigenvalue weighted by molar-refractivity contribution is 0.137. The highest BCUT2D eigenvalue weighted by atomic mass is 15.2. The summed E-state index contributed by atoms with van der Waals surface area (Å²) in [6.07, 6.45) is 11.8. The second-order valence-electron chi connectivity index (χ2n) is 6.07. The van der Waals surface area contributed by atoms with Gasteiger partial charge in [-0.05, 0) is 65.0 Å². The van der Waals surface area contributed by atoms with E-state index < -0.39 is 0 Å². The summed E-state index contributed by atoms with van der Waals surface area (Å²) in [4.78, 5) is 2.70. The van der Waals surface area contributed by atoms with Crippen molar-refractivity contribution in [2.75, 3.05) is 19.6 Å². The molecule has 2 atom stereocenters. The van der Waals surface area contributed by atoms with E-state index in [1.54, 1.807) is 5.57 Å². The summed E-state index contributed by atoms with van der Waals surface area (Å²) in [6, 6.07) is 1.53. The number of likely N-dealkylation sites (tertiary alicyclic amines) is 1. The van der Waals surface area contributed by atoms with Gasteiger partial charge in [0.1, 0.15) is 0 Å². The normalized spacial score (nSPS) is 29.6. The van der Waals surface area contributed by atoms with Crippen LogP contribution in [0.1, 0.15) is 58.8 Å². The van der Waals surface area contributed by atoms with Crippen LogP contribution in [0.2, 0.25) is 0 Å². The molecule has 1 fully saturated rings. The molecule has 2 nitrogen and oxygen atoms in total. The zero-order valence-electron chi connectivity index (χ0n) is 12.3. The van der Waals surface area contributed by atoms with E-state index in [1.807, 2.05) is 0 Å². The molecule has 0 spiro atoms. The van der Waals surface area contributed by atoms with Crippen molar-refractivity contribution < 1.29 is 0 Å². The molecule has 0 amide bonds. The number of nitrogens with zero attached hydrogens (tertiary/aromatic N) is 1. The first kappa shape index (κ1) is 14.1. The van der Waals surface area contributed by atoms with Gasteiger partial charge in [0.05, 0.1) is 0 Å². The summed E-state index contributed by atoms with van der Waals surface area (Å²) < 4.78 is 0. The van der Waals surface area contributed by atoms with Gasteiger partial charge >= 0.3 is 0 Å². The van der Waals surface area contributed by atoms with Crippen LogP contribution < -0.4 is 5.32 Å². The largest absolute Gasteiger partial charge is 0.314 e. The van der Waals surface area contributed by atoms with Crippen LogP contribution in [0.15, 0.2) is 11.6 Å². The molecule has 0 radical (unpaired) electrons. The van der Waals surface area contributed by atoms with E-state index in [-0.39, 0.29) is 0 Å². The van der Waals surface area contributed by atoms with Crippen LogP contribution >= 0.6 is 0 Å². The van der Waals surface area contributed by atoms with Gasteiger partial charge in [-0.15, -0.1) is 0 Å². The number of rotatable bonds is 6. The van der Waals surface area contributed by atoms with Crippen LogP contribution in [-0.2, 0) is 0 Å². The summed E-state index contributed by atoms with van der Waals surface area (Å²) in [5.74, 6) is 0. The van der Waals surface area contributed by atoms with Crippen LogP contribution in [-0.4, -0.2) is 36.6 Å². The third-order valence-corrected chi connectivity index (χ3v) is 4.55. The van der Waals surface area contributed by atoms with Gasteiger partial charge in [0, 0.05) is 18.6 Å². The van der Waals surface area contributed by atoms with Crippen LogP contribution in [0.5, 0.6) is 0 Å². The van der Waals surface area contributed by atoms with E-state index in [9.17, 15) is 0 Å². The highest BCUT2D eigenvalue weighted by molar-refractivity contribution is 5.07. The van der Waals surface area contributed by atoms with Gasteiger partial charge in [0.2, 0.25) is 0 Å². The van der Waals surface area contributed by atoms with Crippen LogP contribution in [0, 0.1) is 0 Å². The average molecular weight is 250 g/mol. The van der Waals surface area contributed by atoms with E-state index in [4.69, 9.17) is 0 Å². The number of nitrogens with one attached hydrogen (secondary N) is 1. The maximum atomic E-state index is 3.68. The van der Waals surface area contributed by atoms with Crippen molar-refractivity contribution in [1.82, 2.24) is 10.2 Å². The Morgan fingerprint density at radius 3 is 3.00 bits per heavy atom. The Morgan fingerprint density at radius 1 is 1.44 bits per heavy atom. The van der Waals surface area contributed by atoms with Crippen molar-refractivity contribution in [2.24, 2.45) is 0 Å². The second-order valence-corrected chi connectivity index (χ2v) is 6.07. The van der Waals surface area contributed by atoms with Gasteiger partial charge in [-0.2, -0.15) is 0 Å². The highest BCUT2D eigenvalue weighted by Gasteiger charge is 2.24. The summed E-state index contributed by atoms with van der Waals surface area (Å²) in [5.41, 5.74) is 1.72. The Hall–Kier alpha value is -0.340. The van der Waals surface area contributed by atoms with Gasteiger partial charge in [-0.25, -0.2) is 0 Å². The minimum absolute atomic E-state index is 0.759. The van der Waals surface area contributed by atoms with E-state index >= 15 is 0 Å². The number of allylic oxidation sites excluding steroid dienone is 1. The summed E-state index contributed by atoms with van der Waals surface area (Å²) in [7, 11) is 0. The van der Waals surface area contributed by atoms with Crippen molar-refractivity contribution in [1.29, 1.82) is 0 Å². The van der Waals surface area contributed by atoms with Gasteiger partial charge in [-0.1, -0.05) is 18.6 Å². The SMILES string of the molecule is CCCNC1CCN(CCC2=CCCC2)C(C)C1. The van der Waals surface area contributed by atoms with Crippen LogP contribution in [0.4, 0.5) is 0 Å². The highest BCUT2D eigenvalue weighted by Crippen LogP contribution is 2.23. The molecule has 0 bridgehead atoms. The standard InChI is InChI=1S/C16H30N2/c1-3-10-17-16-9-12-18(14(2)13-16)11-8-15-6-4-5-7-15/h6,14,16-17H,3-5,7-13H2,1-2H3. The third kappa shape index (κ3) is 4.10. The fourth-order valence-electron chi connectivity index (χ4n) is 3.34. The fraction of sp³-hybridized carbons (Fsp3) is 0.875. The Kier molecular flexibility index (Phi) is 5.71. The quantitative estimate of drug-likeness (QED) is 0.727. The Bertz CT molecular complexity index is 272. The lowest BCUT2D eigenvalue weighted by Crippen LogP contribution is -2.47. The van der Waals surface area contributed by atoms with Crippen LogP contribution in [0.25, 0.3) is 0 Å². The molecule has 1 heterocycles. The number of hydrogen-bond acceptors (Lipinski definition) is 2. The number of piperidine rings is 1. The van der Waals surface area contributed by atoms with Gasteiger partial charge in [0.15, 0.2) is 0 Å². The molecular formula is C16H30N2. The molecule has 2 aliphatic rings. The van der Waals surface area contributed by atoms with Crippen molar-refractivity contribution in [3.63, 3.8) is 0 Å². The second kappa shape index (κ2) is 7.30. The van der Waals surface area contributed by atoms with Crippen molar-refractivity contribution in [3.8, 4) is 0 Å². The number of hydrogen-bond donors (Lipinski definition) is 1. The molecule has 0 saturated carbocycles. The fourth-order valence-corrected chi connectivity index (χ4v) is 3.34. The van der Waals surface area contributed by atoms with Gasteiger partial charge in [-0.3, -0.25) is 0 Å². The molecule has 2 unspecified atom stereocenters. The lowest BCUT2D eigenvalue weighted by Gasteiger charge is -2.38. The minimum Gasteiger partial charge on any atom is -0.314 e. The zero-order valence-corrected chi connectivity index (χ0v) is 12.3. The molecule has 2 rings (SSSR count). The van der Waals surface area contributed by atoms with E-state index in [0.717, 1.165) is 12.1 Å². The molecule has 0 aromatic heterocycles. The maximum absolute atomic E-state index is 3.68. The Balaban J connectivity index is 1.68. The van der Waals surface area contributed by atoms with Crippen molar-refractivity contribution in [3.05, 3.63) is 11.6 Å². The Morgan fingerprint density at radius 2 is 2.33 bits per heavy atom. The first-order chi connectivity index (χ1) is 8.79. The summed E-state index contributed by atoms with van der Waals surface area (Å²) >= 11 is 0. The van der Waals surface area contributed by atoms with Gasteiger partial charge in [0.25, 0.3) is 0 Å². The third-order valence-electron chi connectivity index (χ3n) is 4.55. The molecule has 104 valence electrons. The predicted molar refractivity (Wildman–Crippen MR) is 78.9 cm³/mol. The topological polar surface area (TPSA) is 15.3 Å². The Labute approximate surface area is 113 Å². The molecule has 2 heteroatoms. The molecular weight excluding hydrogens is 220 g/mol. The first-order valence-corrected chi connectivity index (χ1v) is 7.95. The molecule has 1 saturated heterocycles. The van der Waals surface area contributed by atoms with Gasteiger partial charge < -0.3 is 10.2 Å². The molecule has 0 aromatic rings.